The number of nitrogens with one attached hydrogen (secondary N) is 1. The Morgan fingerprint density at radius 3 is 2.92 bits per heavy atom. The van der Waals surface area contributed by atoms with Crippen LogP contribution in [-0.4, -0.2) is 24.6 Å². The van der Waals surface area contributed by atoms with Gasteiger partial charge in [-0.2, -0.15) is 0 Å². The maximum absolute atomic E-state index is 13.9. The van der Waals surface area contributed by atoms with E-state index in [1.54, 1.807) is 19.2 Å². The summed E-state index contributed by atoms with van der Waals surface area (Å²) >= 11 is 6.02. The zero-order chi connectivity index (χ0) is 17.1. The lowest BCUT2D eigenvalue weighted by Gasteiger charge is -2.28. The molecule has 1 aliphatic heterocycles. The smallest absolute Gasteiger partial charge is 0.317 e. The van der Waals surface area contributed by atoms with Crippen molar-refractivity contribution in [1.29, 1.82) is 0 Å². The number of hydrogen-bond acceptors (Lipinski definition) is 2. The van der Waals surface area contributed by atoms with E-state index in [0.717, 1.165) is 11.3 Å². The maximum Gasteiger partial charge on any atom is 0.317 e. The zero-order valence-corrected chi connectivity index (χ0v) is 14.0. The van der Waals surface area contributed by atoms with Crippen molar-refractivity contribution in [3.63, 3.8) is 0 Å². The number of carbonyl (C=O) groups excluding carboxylic acids is 1. The number of carbonyl (C=O) groups is 1. The highest BCUT2D eigenvalue weighted by molar-refractivity contribution is 6.31. The quantitative estimate of drug-likeness (QED) is 0.905. The van der Waals surface area contributed by atoms with E-state index in [9.17, 15) is 9.18 Å². The molecule has 0 radical (unpaired) electrons. The van der Waals surface area contributed by atoms with Gasteiger partial charge in [0, 0.05) is 29.6 Å². The molecule has 24 heavy (non-hydrogen) atoms. The molecule has 0 bridgehead atoms. The fourth-order valence-corrected chi connectivity index (χ4v) is 2.97. The Balaban J connectivity index is 1.69. The maximum atomic E-state index is 13.9. The van der Waals surface area contributed by atoms with Gasteiger partial charge in [-0.05, 0) is 18.2 Å². The number of hydrogen-bond donors (Lipinski definition) is 1. The molecule has 0 saturated heterocycles. The molecule has 4 nitrogen and oxygen atoms in total. The van der Waals surface area contributed by atoms with Gasteiger partial charge in [0.05, 0.1) is 19.2 Å². The third kappa shape index (κ3) is 3.46. The molecule has 1 aliphatic rings. The minimum Gasteiger partial charge on any atom is -0.493 e. The van der Waals surface area contributed by atoms with Gasteiger partial charge in [-0.3, -0.25) is 0 Å². The van der Waals surface area contributed by atoms with Gasteiger partial charge in [-0.15, -0.1) is 0 Å². The first-order valence-electron chi connectivity index (χ1n) is 7.72. The highest BCUT2D eigenvalue weighted by Gasteiger charge is 2.24. The van der Waals surface area contributed by atoms with Crippen LogP contribution in [0, 0.1) is 5.82 Å². The number of fused-ring (bicyclic) bond motifs is 1. The summed E-state index contributed by atoms with van der Waals surface area (Å²) in [6, 6.07) is 11.7. The van der Waals surface area contributed by atoms with E-state index in [0.29, 0.717) is 23.6 Å². The van der Waals surface area contributed by atoms with Crippen molar-refractivity contribution in [2.45, 2.75) is 19.0 Å². The number of ether oxygens (including phenoxy) is 1. The van der Waals surface area contributed by atoms with Crippen molar-refractivity contribution in [3.8, 4) is 5.75 Å². The summed E-state index contributed by atoms with van der Waals surface area (Å²) in [6.07, 6.45) is 0.692. The molecular formula is C18H18ClFN2O2. The first kappa shape index (κ1) is 16.6. The number of urea groups is 1. The number of rotatable bonds is 3. The van der Waals surface area contributed by atoms with E-state index in [1.165, 1.54) is 11.0 Å². The van der Waals surface area contributed by atoms with Gasteiger partial charge in [-0.1, -0.05) is 35.9 Å². The molecule has 2 aromatic carbocycles. The van der Waals surface area contributed by atoms with Crippen LogP contribution in [0.4, 0.5) is 9.18 Å². The molecule has 1 atom stereocenters. The molecule has 3 rings (SSSR count). The van der Waals surface area contributed by atoms with Crippen molar-refractivity contribution >= 4 is 17.6 Å². The van der Waals surface area contributed by atoms with Crippen molar-refractivity contribution < 1.29 is 13.9 Å². The van der Waals surface area contributed by atoms with E-state index >= 15 is 0 Å². The Kier molecular flexibility index (Phi) is 4.90. The summed E-state index contributed by atoms with van der Waals surface area (Å²) in [4.78, 5) is 13.9. The summed E-state index contributed by atoms with van der Waals surface area (Å²) in [5.41, 5.74) is 1.26. The van der Waals surface area contributed by atoms with Crippen LogP contribution >= 0.6 is 11.6 Å². The monoisotopic (exact) mass is 348 g/mol. The van der Waals surface area contributed by atoms with Crippen LogP contribution in [0.2, 0.25) is 5.02 Å². The lowest BCUT2D eigenvalue weighted by atomic mass is 10.0. The van der Waals surface area contributed by atoms with Gasteiger partial charge in [0.15, 0.2) is 0 Å². The summed E-state index contributed by atoms with van der Waals surface area (Å²) < 4.78 is 19.5. The second-order valence-corrected chi connectivity index (χ2v) is 6.14. The van der Waals surface area contributed by atoms with Gasteiger partial charge in [-0.25, -0.2) is 9.18 Å². The fraction of sp³-hybridized carbons (Fsp3) is 0.278. The molecule has 0 fully saturated rings. The Bertz CT molecular complexity index is 733. The molecule has 0 spiro atoms. The summed E-state index contributed by atoms with van der Waals surface area (Å²) in [7, 11) is 1.61. The SMILES string of the molecule is CN(Cc1c(F)cccc1Cl)C(=O)NC1CCOc2ccccc21. The summed E-state index contributed by atoms with van der Waals surface area (Å²) in [6.45, 7) is 0.646. The van der Waals surface area contributed by atoms with Crippen LogP contribution in [-0.2, 0) is 6.54 Å². The number of amides is 2. The Hall–Kier alpha value is -2.27. The van der Waals surface area contributed by atoms with Gasteiger partial charge in [0.25, 0.3) is 0 Å². The van der Waals surface area contributed by atoms with E-state index < -0.39 is 5.82 Å². The van der Waals surface area contributed by atoms with Crippen LogP contribution in [0.3, 0.4) is 0 Å². The minimum atomic E-state index is -0.418. The van der Waals surface area contributed by atoms with Crippen LogP contribution in [0.5, 0.6) is 5.75 Å². The number of nitrogens with zero attached hydrogens (tertiary/aromatic N) is 1. The van der Waals surface area contributed by atoms with Crippen molar-refractivity contribution in [2.24, 2.45) is 0 Å². The molecule has 126 valence electrons. The van der Waals surface area contributed by atoms with Crippen molar-refractivity contribution in [3.05, 3.63) is 64.4 Å². The predicted molar refractivity (Wildman–Crippen MR) is 90.7 cm³/mol. The van der Waals surface area contributed by atoms with Crippen molar-refractivity contribution in [1.82, 2.24) is 10.2 Å². The van der Waals surface area contributed by atoms with Gasteiger partial charge in [0.2, 0.25) is 0 Å². The average Bonchev–Trinajstić information content (AvgIpc) is 2.58. The van der Waals surface area contributed by atoms with Crippen LogP contribution in [0.1, 0.15) is 23.6 Å². The van der Waals surface area contributed by atoms with Crippen LogP contribution < -0.4 is 10.1 Å². The third-order valence-corrected chi connectivity index (χ3v) is 4.41. The number of para-hydroxylation sites is 1. The standard InChI is InChI=1S/C18H18ClFN2O2/c1-22(11-13-14(19)6-4-7-15(13)20)18(23)21-16-9-10-24-17-8-3-2-5-12(16)17/h2-8,16H,9-11H2,1H3,(H,21,23). The number of halogens is 2. The largest absolute Gasteiger partial charge is 0.493 e. The van der Waals surface area contributed by atoms with E-state index in [1.807, 2.05) is 24.3 Å². The Morgan fingerprint density at radius 2 is 2.12 bits per heavy atom. The third-order valence-electron chi connectivity index (χ3n) is 4.06. The Morgan fingerprint density at radius 1 is 1.33 bits per heavy atom. The van der Waals surface area contributed by atoms with Crippen LogP contribution in [0.25, 0.3) is 0 Å². The second-order valence-electron chi connectivity index (χ2n) is 5.73. The summed E-state index contributed by atoms with van der Waals surface area (Å²) in [5, 5.41) is 3.29. The summed E-state index contributed by atoms with van der Waals surface area (Å²) in [5.74, 6) is 0.368. The van der Waals surface area contributed by atoms with Gasteiger partial charge < -0.3 is 15.0 Å². The number of benzene rings is 2. The molecular weight excluding hydrogens is 331 g/mol. The van der Waals surface area contributed by atoms with Crippen molar-refractivity contribution in [2.75, 3.05) is 13.7 Å². The fourth-order valence-electron chi connectivity index (χ4n) is 2.74. The van der Waals surface area contributed by atoms with E-state index in [4.69, 9.17) is 16.3 Å². The van der Waals surface area contributed by atoms with Gasteiger partial charge in [0.1, 0.15) is 11.6 Å². The lowest BCUT2D eigenvalue weighted by molar-refractivity contribution is 0.193. The first-order valence-corrected chi connectivity index (χ1v) is 8.10. The highest BCUT2D eigenvalue weighted by atomic mass is 35.5. The Labute approximate surface area is 145 Å². The molecule has 1 heterocycles. The molecule has 1 N–H and O–H groups in total. The normalized spacial score (nSPS) is 16.0. The minimum absolute atomic E-state index is 0.0994. The molecule has 2 aromatic rings. The first-order chi connectivity index (χ1) is 11.6. The van der Waals surface area contributed by atoms with E-state index in [-0.39, 0.29) is 18.6 Å². The van der Waals surface area contributed by atoms with E-state index in [2.05, 4.69) is 5.32 Å². The molecule has 0 saturated carbocycles. The highest BCUT2D eigenvalue weighted by Crippen LogP contribution is 2.31. The second kappa shape index (κ2) is 7.09. The van der Waals surface area contributed by atoms with Gasteiger partial charge >= 0.3 is 6.03 Å². The molecule has 6 heteroatoms. The predicted octanol–water partition coefficient (Wildman–Crippen LogP) is 4.14. The lowest BCUT2D eigenvalue weighted by Crippen LogP contribution is -2.40. The topological polar surface area (TPSA) is 41.6 Å². The zero-order valence-electron chi connectivity index (χ0n) is 13.3. The average molecular weight is 349 g/mol. The molecule has 0 aliphatic carbocycles. The molecule has 2 amide bonds. The molecule has 1 unspecified atom stereocenters. The van der Waals surface area contributed by atoms with Crippen LogP contribution in [0.15, 0.2) is 42.5 Å². The molecule has 0 aromatic heterocycles.